The molecule has 0 bridgehead atoms. The Morgan fingerprint density at radius 1 is 1.08 bits per heavy atom. The van der Waals surface area contributed by atoms with Gasteiger partial charge in [-0.1, -0.05) is 42.4 Å². The quantitative estimate of drug-likeness (QED) is 0.559. The molecule has 1 rings (SSSR count). The molecule has 1 N–H and O–H groups in total. The van der Waals surface area contributed by atoms with Gasteiger partial charge in [-0.3, -0.25) is 4.79 Å². The topological polar surface area (TPSA) is 37.3 Å². The van der Waals surface area contributed by atoms with Gasteiger partial charge in [0.1, 0.15) is 6.67 Å². The van der Waals surface area contributed by atoms with Gasteiger partial charge in [0.2, 0.25) is 0 Å². The molecule has 25 heavy (non-hydrogen) atoms. The van der Waals surface area contributed by atoms with Gasteiger partial charge in [-0.25, -0.2) is 4.39 Å². The first-order chi connectivity index (χ1) is 11.8. The summed E-state index contributed by atoms with van der Waals surface area (Å²) in [6, 6.07) is 0. The Labute approximate surface area is 152 Å². The Bertz CT molecular complexity index is 554. The van der Waals surface area contributed by atoms with Crippen molar-refractivity contribution >= 4 is 5.78 Å². The van der Waals surface area contributed by atoms with E-state index in [1.807, 2.05) is 19.9 Å². The Morgan fingerprint density at radius 2 is 1.64 bits per heavy atom. The van der Waals surface area contributed by atoms with Gasteiger partial charge in [-0.15, -0.1) is 0 Å². The zero-order valence-electron chi connectivity index (χ0n) is 16.1. The highest BCUT2D eigenvalue weighted by molar-refractivity contribution is 5.92. The van der Waals surface area contributed by atoms with Gasteiger partial charge < -0.3 is 5.11 Å². The van der Waals surface area contributed by atoms with E-state index in [0.29, 0.717) is 0 Å². The minimum atomic E-state index is -0.528. The SMILES string of the molecule is C/C(=C\CC/C(C)=C/CC/C(C)=C/CC1C(O)C=CC(=O)C1C)CF. The summed E-state index contributed by atoms with van der Waals surface area (Å²) >= 11 is 0. The number of aliphatic hydroxyl groups excluding tert-OH is 1. The summed E-state index contributed by atoms with van der Waals surface area (Å²) < 4.78 is 12.4. The van der Waals surface area contributed by atoms with E-state index >= 15 is 0 Å². The first-order valence-corrected chi connectivity index (χ1v) is 9.28. The van der Waals surface area contributed by atoms with Crippen LogP contribution in [0.1, 0.15) is 59.8 Å². The average molecular weight is 349 g/mol. The van der Waals surface area contributed by atoms with Gasteiger partial charge in [0, 0.05) is 11.8 Å². The number of hydrogen-bond donors (Lipinski definition) is 1. The van der Waals surface area contributed by atoms with Crippen molar-refractivity contribution in [2.45, 2.75) is 65.9 Å². The minimum absolute atomic E-state index is 0.0183. The minimum Gasteiger partial charge on any atom is -0.389 e. The van der Waals surface area contributed by atoms with E-state index in [4.69, 9.17) is 0 Å². The van der Waals surface area contributed by atoms with E-state index in [9.17, 15) is 14.3 Å². The number of alkyl halides is 1. The molecule has 0 aliphatic heterocycles. The van der Waals surface area contributed by atoms with Crippen molar-refractivity contribution in [3.63, 3.8) is 0 Å². The molecule has 1 aliphatic rings. The zero-order valence-corrected chi connectivity index (χ0v) is 16.1. The fourth-order valence-electron chi connectivity index (χ4n) is 3.03. The third kappa shape index (κ3) is 7.96. The molecule has 0 fully saturated rings. The lowest BCUT2D eigenvalue weighted by molar-refractivity contribution is -0.121. The van der Waals surface area contributed by atoms with Gasteiger partial charge in [0.15, 0.2) is 5.78 Å². The normalized spacial score (nSPS) is 25.6. The molecule has 0 amide bonds. The first-order valence-electron chi connectivity index (χ1n) is 9.28. The molecule has 2 nitrogen and oxygen atoms in total. The number of ketones is 1. The number of halogens is 1. The summed E-state index contributed by atoms with van der Waals surface area (Å²) in [5, 5.41) is 10.1. The molecule has 0 radical (unpaired) electrons. The number of carbonyl (C=O) groups is 1. The standard InChI is InChI=1S/C22H33FO2/c1-16(8-6-10-18(3)15-23)7-5-9-17(2)11-12-20-19(4)21(24)13-14-22(20)25/h7,10-11,13-14,19-20,22,25H,5-6,8-9,12,15H2,1-4H3/b16-7+,17-11+,18-10+. The fourth-order valence-corrected chi connectivity index (χ4v) is 3.03. The second-order valence-corrected chi connectivity index (χ2v) is 7.30. The maximum atomic E-state index is 12.4. The van der Waals surface area contributed by atoms with Crippen molar-refractivity contribution in [1.82, 2.24) is 0 Å². The van der Waals surface area contributed by atoms with Crippen LogP contribution in [0.4, 0.5) is 4.39 Å². The molecule has 0 spiro atoms. The molecule has 140 valence electrons. The number of carbonyl (C=O) groups excluding carboxylic acids is 1. The van der Waals surface area contributed by atoms with Crippen molar-refractivity contribution in [2.75, 3.05) is 6.67 Å². The van der Waals surface area contributed by atoms with Crippen LogP contribution in [-0.4, -0.2) is 23.7 Å². The lowest BCUT2D eigenvalue weighted by Crippen LogP contribution is -2.32. The first kappa shape index (κ1) is 21.6. The largest absolute Gasteiger partial charge is 0.389 e. The lowest BCUT2D eigenvalue weighted by atomic mass is 9.79. The van der Waals surface area contributed by atoms with E-state index in [2.05, 4.69) is 26.0 Å². The Balaban J connectivity index is 2.39. The van der Waals surface area contributed by atoms with Gasteiger partial charge in [-0.05, 0) is 64.5 Å². The third-order valence-electron chi connectivity index (χ3n) is 5.00. The molecule has 3 heteroatoms. The van der Waals surface area contributed by atoms with Crippen LogP contribution in [0.15, 0.2) is 47.1 Å². The molecule has 0 saturated heterocycles. The number of rotatable bonds is 9. The molecular weight excluding hydrogens is 315 g/mol. The number of hydrogen-bond acceptors (Lipinski definition) is 2. The number of allylic oxidation sites excluding steroid dienone is 7. The maximum absolute atomic E-state index is 12.4. The van der Waals surface area contributed by atoms with Crippen LogP contribution in [0.3, 0.4) is 0 Å². The Hall–Kier alpha value is -1.48. The summed E-state index contributed by atoms with van der Waals surface area (Å²) in [6.07, 6.45) is 13.5. The molecular formula is C22H33FO2. The van der Waals surface area contributed by atoms with E-state index in [1.165, 1.54) is 17.2 Å². The molecule has 0 aromatic heterocycles. The lowest BCUT2D eigenvalue weighted by Gasteiger charge is -2.27. The van der Waals surface area contributed by atoms with Crippen molar-refractivity contribution in [3.05, 3.63) is 47.1 Å². The molecule has 3 atom stereocenters. The second kappa shape index (κ2) is 11.2. The van der Waals surface area contributed by atoms with E-state index in [1.54, 1.807) is 6.08 Å². The van der Waals surface area contributed by atoms with E-state index in [0.717, 1.165) is 37.7 Å². The van der Waals surface area contributed by atoms with Crippen LogP contribution < -0.4 is 0 Å². The van der Waals surface area contributed by atoms with Crippen molar-refractivity contribution < 1.29 is 14.3 Å². The maximum Gasteiger partial charge on any atom is 0.158 e. The second-order valence-electron chi connectivity index (χ2n) is 7.30. The molecule has 3 unspecified atom stereocenters. The fraction of sp³-hybridized carbons (Fsp3) is 0.591. The number of aliphatic hydroxyl groups is 1. The van der Waals surface area contributed by atoms with Gasteiger partial charge in [-0.2, -0.15) is 0 Å². The van der Waals surface area contributed by atoms with Crippen molar-refractivity contribution in [1.29, 1.82) is 0 Å². The third-order valence-corrected chi connectivity index (χ3v) is 5.00. The highest BCUT2D eigenvalue weighted by Crippen LogP contribution is 2.27. The van der Waals surface area contributed by atoms with E-state index < -0.39 is 6.10 Å². The molecule has 0 aromatic rings. The van der Waals surface area contributed by atoms with Gasteiger partial charge in [0.05, 0.1) is 6.10 Å². The summed E-state index contributed by atoms with van der Waals surface area (Å²) in [5.74, 6) is -0.0285. The van der Waals surface area contributed by atoms with Crippen LogP contribution in [0.5, 0.6) is 0 Å². The predicted octanol–water partition coefficient (Wildman–Crippen LogP) is 5.50. The predicted molar refractivity (Wildman–Crippen MR) is 103 cm³/mol. The zero-order chi connectivity index (χ0) is 18.8. The van der Waals surface area contributed by atoms with Crippen LogP contribution in [0.25, 0.3) is 0 Å². The van der Waals surface area contributed by atoms with Crippen LogP contribution in [-0.2, 0) is 4.79 Å². The van der Waals surface area contributed by atoms with Crippen LogP contribution in [0, 0.1) is 11.8 Å². The smallest absolute Gasteiger partial charge is 0.158 e. The Morgan fingerprint density at radius 3 is 2.24 bits per heavy atom. The van der Waals surface area contributed by atoms with Crippen molar-refractivity contribution in [3.8, 4) is 0 Å². The summed E-state index contributed by atoms with van der Waals surface area (Å²) in [6.45, 7) is 7.58. The summed E-state index contributed by atoms with van der Waals surface area (Å²) in [7, 11) is 0. The molecule has 0 saturated carbocycles. The van der Waals surface area contributed by atoms with Crippen molar-refractivity contribution in [2.24, 2.45) is 11.8 Å². The van der Waals surface area contributed by atoms with Gasteiger partial charge >= 0.3 is 0 Å². The highest BCUT2D eigenvalue weighted by atomic mass is 19.1. The van der Waals surface area contributed by atoms with Gasteiger partial charge in [0.25, 0.3) is 0 Å². The average Bonchev–Trinajstić information content (AvgIpc) is 2.58. The van der Waals surface area contributed by atoms with Crippen LogP contribution in [0.2, 0.25) is 0 Å². The summed E-state index contributed by atoms with van der Waals surface area (Å²) in [4.78, 5) is 11.7. The van der Waals surface area contributed by atoms with Crippen LogP contribution >= 0.6 is 0 Å². The summed E-state index contributed by atoms with van der Waals surface area (Å²) in [5.41, 5.74) is 3.43. The molecule has 0 heterocycles. The molecule has 1 aliphatic carbocycles. The molecule has 0 aromatic carbocycles. The van der Waals surface area contributed by atoms with E-state index in [-0.39, 0.29) is 24.3 Å². The Kier molecular flexibility index (Phi) is 9.66. The highest BCUT2D eigenvalue weighted by Gasteiger charge is 2.30. The monoisotopic (exact) mass is 348 g/mol.